The van der Waals surface area contributed by atoms with Crippen molar-refractivity contribution in [3.8, 4) is 5.75 Å². The molecule has 0 aliphatic carbocycles. The lowest BCUT2D eigenvalue weighted by Gasteiger charge is -2.20. The molecule has 4 heteroatoms. The van der Waals surface area contributed by atoms with Crippen LogP contribution < -0.4 is 10.1 Å². The maximum Gasteiger partial charge on any atom is 0.124 e. The van der Waals surface area contributed by atoms with E-state index in [-0.39, 0.29) is 18.0 Å². The Morgan fingerprint density at radius 3 is 3.16 bits per heavy atom. The molecule has 19 heavy (non-hydrogen) atoms. The van der Waals surface area contributed by atoms with Crippen LogP contribution in [0.1, 0.15) is 44.2 Å². The molecule has 1 aliphatic rings. The number of ether oxygens (including phenoxy) is 1. The smallest absolute Gasteiger partial charge is 0.124 e. The van der Waals surface area contributed by atoms with Crippen molar-refractivity contribution >= 4 is 0 Å². The zero-order valence-corrected chi connectivity index (χ0v) is 11.4. The molecule has 1 aromatic carbocycles. The predicted octanol–water partition coefficient (Wildman–Crippen LogP) is 2.79. The maximum atomic E-state index is 13.4. The number of fused-ring (bicyclic) bond motifs is 1. The number of nitrogens with one attached hydrogen (secondary N) is 1. The molecule has 106 valence electrons. The lowest BCUT2D eigenvalue weighted by Crippen LogP contribution is -2.30. The summed E-state index contributed by atoms with van der Waals surface area (Å²) in [5.74, 6) is 0.506. The highest BCUT2D eigenvalue weighted by atomic mass is 19.1. The molecule has 0 fully saturated rings. The van der Waals surface area contributed by atoms with Gasteiger partial charge in [0.2, 0.25) is 0 Å². The first kappa shape index (κ1) is 14.3. The van der Waals surface area contributed by atoms with Crippen molar-refractivity contribution < 1.29 is 14.2 Å². The third kappa shape index (κ3) is 3.91. The van der Waals surface area contributed by atoms with Gasteiger partial charge in [-0.2, -0.15) is 0 Å². The summed E-state index contributed by atoms with van der Waals surface area (Å²) in [6.45, 7) is 3.25. The van der Waals surface area contributed by atoms with Gasteiger partial charge in [0.05, 0.1) is 12.7 Å². The zero-order chi connectivity index (χ0) is 13.7. The van der Waals surface area contributed by atoms with E-state index in [2.05, 4.69) is 5.32 Å². The molecule has 0 spiro atoms. The second kappa shape index (κ2) is 6.87. The second-order valence-electron chi connectivity index (χ2n) is 5.08. The molecule has 0 saturated heterocycles. The van der Waals surface area contributed by atoms with Gasteiger partial charge in [0.1, 0.15) is 11.6 Å². The zero-order valence-electron chi connectivity index (χ0n) is 11.4. The van der Waals surface area contributed by atoms with Gasteiger partial charge in [-0.15, -0.1) is 0 Å². The number of hydrogen-bond donors (Lipinski definition) is 2. The van der Waals surface area contributed by atoms with Crippen LogP contribution in [0.25, 0.3) is 0 Å². The average molecular weight is 267 g/mol. The van der Waals surface area contributed by atoms with Crippen molar-refractivity contribution in [3.05, 3.63) is 29.6 Å². The van der Waals surface area contributed by atoms with E-state index < -0.39 is 0 Å². The van der Waals surface area contributed by atoms with Gasteiger partial charge < -0.3 is 15.2 Å². The minimum atomic E-state index is -0.341. The number of halogens is 1. The molecule has 0 radical (unpaired) electrons. The van der Waals surface area contributed by atoms with Crippen molar-refractivity contribution in [2.24, 2.45) is 0 Å². The van der Waals surface area contributed by atoms with E-state index in [4.69, 9.17) is 4.74 Å². The fraction of sp³-hybridized carbons (Fsp3) is 0.600. The van der Waals surface area contributed by atoms with Gasteiger partial charge in [0.25, 0.3) is 0 Å². The van der Waals surface area contributed by atoms with Crippen molar-refractivity contribution in [1.82, 2.24) is 5.32 Å². The summed E-state index contributed by atoms with van der Waals surface area (Å²) < 4.78 is 19.0. The van der Waals surface area contributed by atoms with E-state index in [0.29, 0.717) is 13.2 Å². The molecule has 0 aromatic heterocycles. The van der Waals surface area contributed by atoms with Gasteiger partial charge in [-0.3, -0.25) is 0 Å². The topological polar surface area (TPSA) is 41.5 Å². The van der Waals surface area contributed by atoms with Gasteiger partial charge >= 0.3 is 0 Å². The number of rotatable bonds is 5. The fourth-order valence-corrected chi connectivity index (χ4v) is 2.47. The Bertz CT molecular complexity index is 411. The number of aliphatic hydroxyl groups is 1. The van der Waals surface area contributed by atoms with E-state index in [1.54, 1.807) is 6.07 Å². The highest BCUT2D eigenvalue weighted by Gasteiger charge is 2.20. The molecule has 1 aliphatic heterocycles. The molecule has 1 aromatic rings. The third-order valence-electron chi connectivity index (χ3n) is 3.46. The van der Waals surface area contributed by atoms with E-state index >= 15 is 0 Å². The number of benzene rings is 1. The predicted molar refractivity (Wildman–Crippen MR) is 72.8 cm³/mol. The van der Waals surface area contributed by atoms with Crippen molar-refractivity contribution in [1.29, 1.82) is 0 Å². The first-order valence-corrected chi connectivity index (χ1v) is 7.04. The van der Waals surface area contributed by atoms with Crippen LogP contribution in [0.5, 0.6) is 5.75 Å². The van der Waals surface area contributed by atoms with Crippen LogP contribution >= 0.6 is 0 Å². The SMILES string of the molecule is CCCC(O)CNC1CCCOc2ccc(F)cc21. The molecule has 3 nitrogen and oxygen atoms in total. The third-order valence-corrected chi connectivity index (χ3v) is 3.46. The molecule has 0 amide bonds. The highest BCUT2D eigenvalue weighted by molar-refractivity contribution is 5.37. The molecule has 2 unspecified atom stereocenters. The first-order chi connectivity index (χ1) is 9.20. The van der Waals surface area contributed by atoms with Crippen molar-refractivity contribution in [2.45, 2.75) is 44.8 Å². The van der Waals surface area contributed by atoms with Gasteiger partial charge in [0, 0.05) is 18.2 Å². The minimum absolute atomic E-state index is 0.0553. The van der Waals surface area contributed by atoms with E-state index in [0.717, 1.165) is 37.0 Å². The average Bonchev–Trinajstić information content (AvgIpc) is 2.59. The monoisotopic (exact) mass is 267 g/mol. The lowest BCUT2D eigenvalue weighted by molar-refractivity contribution is 0.155. The van der Waals surface area contributed by atoms with Crippen LogP contribution in [0.4, 0.5) is 4.39 Å². The normalized spacial score (nSPS) is 20.3. The van der Waals surface area contributed by atoms with Crippen LogP contribution in [-0.2, 0) is 0 Å². The molecule has 0 saturated carbocycles. The van der Waals surface area contributed by atoms with E-state index in [9.17, 15) is 9.50 Å². The van der Waals surface area contributed by atoms with Crippen LogP contribution in [-0.4, -0.2) is 24.4 Å². The van der Waals surface area contributed by atoms with Crippen LogP contribution in [0.2, 0.25) is 0 Å². The molecule has 2 atom stereocenters. The Kier molecular flexibility index (Phi) is 5.16. The maximum absolute atomic E-state index is 13.4. The van der Waals surface area contributed by atoms with Gasteiger partial charge in [0.15, 0.2) is 0 Å². The first-order valence-electron chi connectivity index (χ1n) is 7.04. The minimum Gasteiger partial charge on any atom is -0.493 e. The van der Waals surface area contributed by atoms with Crippen molar-refractivity contribution in [3.63, 3.8) is 0 Å². The summed E-state index contributed by atoms with van der Waals surface area (Å²) in [5, 5.41) is 13.1. The highest BCUT2D eigenvalue weighted by Crippen LogP contribution is 2.31. The summed E-state index contributed by atoms with van der Waals surface area (Å²) >= 11 is 0. The van der Waals surface area contributed by atoms with E-state index in [1.807, 2.05) is 6.92 Å². The summed E-state index contributed by atoms with van der Waals surface area (Å²) in [6, 6.07) is 4.70. The van der Waals surface area contributed by atoms with E-state index in [1.165, 1.54) is 12.1 Å². The molecular weight excluding hydrogens is 245 g/mol. The Hall–Kier alpha value is -1.13. The molecular formula is C15H22FNO2. The van der Waals surface area contributed by atoms with Crippen LogP contribution in [0, 0.1) is 5.82 Å². The van der Waals surface area contributed by atoms with Gasteiger partial charge in [-0.1, -0.05) is 13.3 Å². The fourth-order valence-electron chi connectivity index (χ4n) is 2.47. The largest absolute Gasteiger partial charge is 0.493 e. The quantitative estimate of drug-likeness (QED) is 0.862. The molecule has 0 bridgehead atoms. The molecule has 2 N–H and O–H groups in total. The Morgan fingerprint density at radius 1 is 1.53 bits per heavy atom. The van der Waals surface area contributed by atoms with Gasteiger partial charge in [-0.05, 0) is 37.5 Å². The summed E-state index contributed by atoms with van der Waals surface area (Å²) in [5.41, 5.74) is 0.862. The standard InChI is InChI=1S/C15H22FNO2/c1-2-4-12(18)10-17-14-5-3-8-19-15-7-6-11(16)9-13(14)15/h6-7,9,12,14,17-18H,2-5,8,10H2,1H3. The van der Waals surface area contributed by atoms with Crippen LogP contribution in [0.3, 0.4) is 0 Å². The number of hydrogen-bond acceptors (Lipinski definition) is 3. The summed E-state index contributed by atoms with van der Waals surface area (Å²) in [7, 11) is 0. The molecule has 1 heterocycles. The Balaban J connectivity index is 2.06. The number of aliphatic hydroxyl groups excluding tert-OH is 1. The summed E-state index contributed by atoms with van der Waals surface area (Å²) in [4.78, 5) is 0. The summed E-state index contributed by atoms with van der Waals surface area (Å²) in [6.07, 6.45) is 3.23. The van der Waals surface area contributed by atoms with Crippen LogP contribution in [0.15, 0.2) is 18.2 Å². The Morgan fingerprint density at radius 2 is 2.37 bits per heavy atom. The second-order valence-corrected chi connectivity index (χ2v) is 5.08. The molecule has 2 rings (SSSR count). The van der Waals surface area contributed by atoms with Crippen molar-refractivity contribution in [2.75, 3.05) is 13.2 Å². The lowest BCUT2D eigenvalue weighted by atomic mass is 10.0. The Labute approximate surface area is 113 Å². The van der Waals surface area contributed by atoms with Gasteiger partial charge in [-0.25, -0.2) is 4.39 Å².